The third kappa shape index (κ3) is 5.56. The molecule has 0 saturated carbocycles. The number of carbonyl (C=O) groups excluding carboxylic acids is 2. The van der Waals surface area contributed by atoms with Crippen molar-refractivity contribution in [2.24, 2.45) is 0 Å². The molecule has 2 aliphatic rings. The van der Waals surface area contributed by atoms with Gasteiger partial charge in [0.1, 0.15) is 4.90 Å². The fourth-order valence-electron chi connectivity index (χ4n) is 3.65. The highest BCUT2D eigenvalue weighted by Crippen LogP contribution is 2.27. The highest BCUT2D eigenvalue weighted by Gasteiger charge is 2.32. The lowest BCUT2D eigenvalue weighted by Crippen LogP contribution is -2.51. The molecule has 0 spiro atoms. The first-order valence-corrected chi connectivity index (χ1v) is 11.9. The van der Waals surface area contributed by atoms with Gasteiger partial charge in [-0.2, -0.15) is 4.31 Å². The number of hydrogen-bond acceptors (Lipinski definition) is 7. The summed E-state index contributed by atoms with van der Waals surface area (Å²) in [4.78, 5) is 26.8. The van der Waals surface area contributed by atoms with E-state index in [1.165, 1.54) is 29.4 Å². The number of nitrogens with zero attached hydrogens (tertiary/aromatic N) is 2. The number of amides is 1. The Morgan fingerprint density at radius 1 is 1.16 bits per heavy atom. The summed E-state index contributed by atoms with van der Waals surface area (Å²) in [6.45, 7) is 7.04. The van der Waals surface area contributed by atoms with Gasteiger partial charge in [0.25, 0.3) is 5.91 Å². The number of carbonyl (C=O) groups is 2. The molecule has 2 heterocycles. The normalized spacial score (nSPS) is 23.9. The highest BCUT2D eigenvalue weighted by atomic mass is 35.5. The van der Waals surface area contributed by atoms with E-state index in [-0.39, 0.29) is 59.9 Å². The second kappa shape index (κ2) is 9.83. The first-order chi connectivity index (χ1) is 14.6. The Balaban J connectivity index is 1.73. The van der Waals surface area contributed by atoms with Gasteiger partial charge in [0, 0.05) is 26.2 Å². The van der Waals surface area contributed by atoms with Gasteiger partial charge >= 0.3 is 5.97 Å². The lowest BCUT2D eigenvalue weighted by molar-refractivity contribution is -0.151. The molecule has 3 rings (SSSR count). The van der Waals surface area contributed by atoms with E-state index in [1.54, 1.807) is 4.90 Å². The second-order valence-corrected chi connectivity index (χ2v) is 10.0. The molecule has 0 radical (unpaired) electrons. The standard InChI is InChI=1S/C20H27ClN2O7S/c1-13-11-22(12-14(2)29-13)19(24)15(3)30-20(25)16-4-5-17(21)18(10-16)31(26,27)23-6-8-28-9-7-23/h4-5,10,13-15H,6-9,11-12H2,1-3H3. The van der Waals surface area contributed by atoms with Crippen molar-refractivity contribution in [1.82, 2.24) is 9.21 Å². The zero-order valence-electron chi connectivity index (χ0n) is 17.7. The molecule has 0 aliphatic carbocycles. The lowest BCUT2D eigenvalue weighted by atomic mass is 10.2. The van der Waals surface area contributed by atoms with Crippen LogP contribution in [0, 0.1) is 0 Å². The third-order valence-electron chi connectivity index (χ3n) is 5.12. The second-order valence-electron chi connectivity index (χ2n) is 7.71. The first-order valence-electron chi connectivity index (χ1n) is 10.1. The van der Waals surface area contributed by atoms with Crippen LogP contribution in [-0.4, -0.2) is 87.2 Å². The van der Waals surface area contributed by atoms with Crippen LogP contribution in [0.25, 0.3) is 0 Å². The van der Waals surface area contributed by atoms with Gasteiger partial charge in [-0.05, 0) is 39.0 Å². The molecule has 9 nitrogen and oxygen atoms in total. The van der Waals surface area contributed by atoms with Crippen LogP contribution in [0.3, 0.4) is 0 Å². The van der Waals surface area contributed by atoms with Crippen molar-refractivity contribution >= 4 is 33.5 Å². The first kappa shape index (κ1) is 23.9. The number of benzene rings is 1. The van der Waals surface area contributed by atoms with E-state index < -0.39 is 22.1 Å². The molecule has 0 bridgehead atoms. The molecular formula is C20H27ClN2O7S. The van der Waals surface area contributed by atoms with E-state index in [2.05, 4.69) is 0 Å². The van der Waals surface area contributed by atoms with E-state index in [4.69, 9.17) is 25.8 Å². The number of ether oxygens (including phenoxy) is 3. The van der Waals surface area contributed by atoms with E-state index >= 15 is 0 Å². The van der Waals surface area contributed by atoms with E-state index in [1.807, 2.05) is 13.8 Å². The Labute approximate surface area is 187 Å². The third-order valence-corrected chi connectivity index (χ3v) is 7.50. The van der Waals surface area contributed by atoms with Gasteiger partial charge in [-0.25, -0.2) is 13.2 Å². The molecule has 31 heavy (non-hydrogen) atoms. The van der Waals surface area contributed by atoms with E-state index in [9.17, 15) is 18.0 Å². The maximum absolute atomic E-state index is 12.9. The Hall–Kier alpha value is -1.72. The molecule has 3 unspecified atom stereocenters. The highest BCUT2D eigenvalue weighted by molar-refractivity contribution is 7.89. The van der Waals surface area contributed by atoms with Crippen molar-refractivity contribution in [3.63, 3.8) is 0 Å². The SMILES string of the molecule is CC1CN(C(=O)C(C)OC(=O)c2ccc(Cl)c(S(=O)(=O)N3CCOCC3)c2)CC(C)O1. The van der Waals surface area contributed by atoms with Crippen molar-refractivity contribution in [1.29, 1.82) is 0 Å². The summed E-state index contributed by atoms with van der Waals surface area (Å²) in [5.41, 5.74) is -0.000372. The number of sulfonamides is 1. The van der Waals surface area contributed by atoms with Gasteiger partial charge in [-0.3, -0.25) is 4.79 Å². The summed E-state index contributed by atoms with van der Waals surface area (Å²) >= 11 is 6.13. The molecule has 3 atom stereocenters. The van der Waals surface area contributed by atoms with Gasteiger partial charge in [0.2, 0.25) is 10.0 Å². The Bertz CT molecular complexity index is 923. The van der Waals surface area contributed by atoms with Gasteiger partial charge in [0.15, 0.2) is 6.10 Å². The van der Waals surface area contributed by atoms with Crippen LogP contribution in [0.4, 0.5) is 0 Å². The Morgan fingerprint density at radius 3 is 2.39 bits per heavy atom. The number of hydrogen-bond donors (Lipinski definition) is 0. The smallest absolute Gasteiger partial charge is 0.338 e. The maximum atomic E-state index is 12.9. The zero-order valence-corrected chi connectivity index (χ0v) is 19.3. The average Bonchev–Trinajstić information content (AvgIpc) is 2.73. The molecular weight excluding hydrogens is 448 g/mol. The fourth-order valence-corrected chi connectivity index (χ4v) is 5.56. The zero-order chi connectivity index (χ0) is 22.8. The molecule has 2 saturated heterocycles. The van der Waals surface area contributed by atoms with E-state index in [0.717, 1.165) is 0 Å². The predicted molar refractivity (Wildman–Crippen MR) is 112 cm³/mol. The predicted octanol–water partition coefficient (Wildman–Crippen LogP) is 1.54. The van der Waals surface area contributed by atoms with Crippen LogP contribution < -0.4 is 0 Å². The molecule has 0 N–H and O–H groups in total. The van der Waals surface area contributed by atoms with Crippen LogP contribution in [0.1, 0.15) is 31.1 Å². The lowest BCUT2D eigenvalue weighted by Gasteiger charge is -2.36. The van der Waals surface area contributed by atoms with Crippen molar-refractivity contribution in [2.75, 3.05) is 39.4 Å². The summed E-state index contributed by atoms with van der Waals surface area (Å²) in [5.74, 6) is -1.13. The van der Waals surface area contributed by atoms with Gasteiger partial charge < -0.3 is 19.1 Å². The molecule has 1 aromatic rings. The number of rotatable bonds is 5. The van der Waals surface area contributed by atoms with Crippen LogP contribution in [0.5, 0.6) is 0 Å². The van der Waals surface area contributed by atoms with Gasteiger partial charge in [0.05, 0.1) is 36.0 Å². The van der Waals surface area contributed by atoms with Gasteiger partial charge in [-0.1, -0.05) is 11.6 Å². The minimum absolute atomic E-state index is 0.000372. The van der Waals surface area contributed by atoms with Crippen molar-refractivity contribution in [2.45, 2.75) is 44.0 Å². The van der Waals surface area contributed by atoms with Crippen LogP contribution in [-0.2, 0) is 29.0 Å². The molecule has 1 aromatic carbocycles. The average molecular weight is 475 g/mol. The molecule has 172 valence electrons. The quantitative estimate of drug-likeness (QED) is 0.596. The minimum atomic E-state index is -3.90. The monoisotopic (exact) mass is 474 g/mol. The molecule has 1 amide bonds. The van der Waals surface area contributed by atoms with E-state index in [0.29, 0.717) is 13.1 Å². The summed E-state index contributed by atoms with van der Waals surface area (Å²) in [6.07, 6.45) is -1.25. The van der Waals surface area contributed by atoms with Crippen molar-refractivity contribution in [3.8, 4) is 0 Å². The topological polar surface area (TPSA) is 102 Å². The minimum Gasteiger partial charge on any atom is -0.449 e. The van der Waals surface area contributed by atoms with Crippen LogP contribution in [0.2, 0.25) is 5.02 Å². The number of morpholine rings is 2. The number of halogens is 1. The van der Waals surface area contributed by atoms with Crippen molar-refractivity contribution in [3.05, 3.63) is 28.8 Å². The summed E-state index contributed by atoms with van der Waals surface area (Å²) in [7, 11) is -3.90. The molecule has 0 aromatic heterocycles. The Morgan fingerprint density at radius 2 is 1.77 bits per heavy atom. The van der Waals surface area contributed by atoms with Crippen LogP contribution in [0.15, 0.2) is 23.1 Å². The van der Waals surface area contributed by atoms with Gasteiger partial charge in [-0.15, -0.1) is 0 Å². The summed E-state index contributed by atoms with van der Waals surface area (Å²) < 4.78 is 43.3. The molecule has 11 heteroatoms. The fraction of sp³-hybridized carbons (Fsp3) is 0.600. The maximum Gasteiger partial charge on any atom is 0.338 e. The summed E-state index contributed by atoms with van der Waals surface area (Å²) in [5, 5.41) is 0.00320. The Kier molecular flexibility index (Phi) is 7.59. The summed E-state index contributed by atoms with van der Waals surface area (Å²) in [6, 6.07) is 3.90. The number of esters is 1. The van der Waals surface area contributed by atoms with Crippen LogP contribution >= 0.6 is 11.6 Å². The van der Waals surface area contributed by atoms with Crippen molar-refractivity contribution < 1.29 is 32.2 Å². The molecule has 2 fully saturated rings. The molecule has 2 aliphatic heterocycles. The largest absolute Gasteiger partial charge is 0.449 e.